The molecule has 0 aliphatic carbocycles. The Balaban J connectivity index is 2.48. The summed E-state index contributed by atoms with van der Waals surface area (Å²) in [5.74, 6) is -0.823. The second-order valence-corrected chi connectivity index (χ2v) is 5.23. The van der Waals surface area contributed by atoms with Crippen molar-refractivity contribution in [2.45, 2.75) is 25.3 Å². The van der Waals surface area contributed by atoms with Gasteiger partial charge in [-0.1, -0.05) is 11.6 Å². The molecule has 110 valence electrons. The second-order valence-electron chi connectivity index (χ2n) is 4.85. The van der Waals surface area contributed by atoms with Crippen molar-refractivity contribution in [3.63, 3.8) is 0 Å². The third-order valence-electron chi connectivity index (χ3n) is 3.58. The van der Waals surface area contributed by atoms with Crippen LogP contribution in [0.4, 0.5) is 21.5 Å². The highest BCUT2D eigenvalue weighted by atomic mass is 35.5. The number of nitrogens with two attached hydrogens (primary N) is 2. The fourth-order valence-electron chi connectivity index (χ4n) is 2.59. The first kappa shape index (κ1) is 14.7. The molecule has 1 aliphatic heterocycles. The smallest absolute Gasteiger partial charge is 0.242 e. The standard InChI is InChI=1S/C13H18ClFN4O/c1-18-13(20)9-4-2-3-5-19(9)12-8(17)6-7(16)10(14)11(12)15/h6,9H,2-5,16-17H2,1H3,(H,18,20). The Labute approximate surface area is 122 Å². The lowest BCUT2D eigenvalue weighted by Gasteiger charge is -2.37. The van der Waals surface area contributed by atoms with Crippen molar-refractivity contribution in [3.8, 4) is 0 Å². The number of nitrogens with zero attached hydrogens (tertiary/aromatic N) is 1. The predicted octanol–water partition coefficient (Wildman–Crippen LogP) is 1.75. The fourth-order valence-corrected chi connectivity index (χ4v) is 2.73. The van der Waals surface area contributed by atoms with E-state index < -0.39 is 11.9 Å². The summed E-state index contributed by atoms with van der Waals surface area (Å²) < 4.78 is 14.4. The van der Waals surface area contributed by atoms with E-state index in [-0.39, 0.29) is 28.0 Å². The number of hydrogen-bond acceptors (Lipinski definition) is 4. The van der Waals surface area contributed by atoms with Crippen LogP contribution in [0.5, 0.6) is 0 Å². The first-order valence-corrected chi connectivity index (χ1v) is 6.86. The molecule has 1 unspecified atom stereocenters. The van der Waals surface area contributed by atoms with Crippen LogP contribution in [0.2, 0.25) is 5.02 Å². The number of carbonyl (C=O) groups excluding carboxylic acids is 1. The van der Waals surface area contributed by atoms with E-state index >= 15 is 0 Å². The molecule has 1 fully saturated rings. The van der Waals surface area contributed by atoms with Gasteiger partial charge in [-0.05, 0) is 25.3 Å². The predicted molar refractivity (Wildman–Crippen MR) is 79.3 cm³/mol. The molecule has 7 heteroatoms. The molecule has 0 spiro atoms. The number of amides is 1. The van der Waals surface area contributed by atoms with Crippen LogP contribution in [-0.2, 0) is 4.79 Å². The minimum Gasteiger partial charge on any atom is -0.397 e. The van der Waals surface area contributed by atoms with Crippen LogP contribution in [-0.4, -0.2) is 25.5 Å². The van der Waals surface area contributed by atoms with Crippen molar-refractivity contribution in [3.05, 3.63) is 16.9 Å². The lowest BCUT2D eigenvalue weighted by atomic mass is 9.99. The van der Waals surface area contributed by atoms with Gasteiger partial charge in [-0.15, -0.1) is 0 Å². The van der Waals surface area contributed by atoms with Crippen LogP contribution in [0, 0.1) is 5.82 Å². The van der Waals surface area contributed by atoms with Crippen LogP contribution in [0.3, 0.4) is 0 Å². The maximum atomic E-state index is 14.4. The molecule has 1 aliphatic rings. The maximum absolute atomic E-state index is 14.4. The van der Waals surface area contributed by atoms with Gasteiger partial charge in [0.2, 0.25) is 5.91 Å². The van der Waals surface area contributed by atoms with Gasteiger partial charge in [0.05, 0.1) is 17.1 Å². The number of hydrogen-bond donors (Lipinski definition) is 3. The zero-order valence-corrected chi connectivity index (χ0v) is 12.0. The van der Waals surface area contributed by atoms with Gasteiger partial charge in [-0.3, -0.25) is 4.79 Å². The Kier molecular flexibility index (Phi) is 4.23. The Morgan fingerprint density at radius 2 is 2.15 bits per heavy atom. The molecule has 1 heterocycles. The average molecular weight is 301 g/mol. The Bertz CT molecular complexity index is 538. The zero-order valence-electron chi connectivity index (χ0n) is 11.2. The molecule has 0 aromatic heterocycles. The second kappa shape index (κ2) is 5.75. The van der Waals surface area contributed by atoms with Crippen LogP contribution in [0.15, 0.2) is 6.07 Å². The van der Waals surface area contributed by atoms with E-state index in [0.717, 1.165) is 12.8 Å². The lowest BCUT2D eigenvalue weighted by Crippen LogP contribution is -2.49. The summed E-state index contributed by atoms with van der Waals surface area (Å²) in [5, 5.41) is 2.44. The fraction of sp³-hybridized carbons (Fsp3) is 0.462. The molecule has 1 amide bonds. The molecule has 1 aromatic rings. The van der Waals surface area contributed by atoms with Crippen molar-refractivity contribution < 1.29 is 9.18 Å². The number of likely N-dealkylation sites (N-methyl/N-ethyl adjacent to an activating group) is 1. The van der Waals surface area contributed by atoms with E-state index in [4.69, 9.17) is 23.1 Å². The molecule has 5 N–H and O–H groups in total. The maximum Gasteiger partial charge on any atom is 0.242 e. The summed E-state index contributed by atoms with van der Waals surface area (Å²) in [6.07, 6.45) is 2.44. The summed E-state index contributed by atoms with van der Waals surface area (Å²) in [6.45, 7) is 0.555. The van der Waals surface area contributed by atoms with Gasteiger partial charge >= 0.3 is 0 Å². The highest BCUT2D eigenvalue weighted by Gasteiger charge is 2.32. The number of carbonyl (C=O) groups is 1. The van der Waals surface area contributed by atoms with Crippen LogP contribution in [0.1, 0.15) is 19.3 Å². The molecule has 1 saturated heterocycles. The minimum absolute atomic E-state index is 0.0962. The number of halogens is 2. The lowest BCUT2D eigenvalue weighted by molar-refractivity contribution is -0.122. The molecular weight excluding hydrogens is 283 g/mol. The molecule has 5 nitrogen and oxygen atoms in total. The molecule has 1 atom stereocenters. The van der Waals surface area contributed by atoms with Gasteiger partial charge in [0.1, 0.15) is 11.1 Å². The van der Waals surface area contributed by atoms with Crippen molar-refractivity contribution >= 4 is 34.6 Å². The van der Waals surface area contributed by atoms with Gasteiger partial charge in [0.25, 0.3) is 0 Å². The Hall–Kier alpha value is -1.69. The van der Waals surface area contributed by atoms with Gasteiger partial charge < -0.3 is 21.7 Å². The normalized spacial score (nSPS) is 18.9. The average Bonchev–Trinajstić information content (AvgIpc) is 2.44. The quantitative estimate of drug-likeness (QED) is 0.727. The van der Waals surface area contributed by atoms with E-state index in [1.807, 2.05) is 0 Å². The first-order chi connectivity index (χ1) is 9.47. The van der Waals surface area contributed by atoms with Crippen molar-refractivity contribution in [1.82, 2.24) is 5.32 Å². The van der Waals surface area contributed by atoms with E-state index in [9.17, 15) is 9.18 Å². The Morgan fingerprint density at radius 3 is 2.80 bits per heavy atom. The number of benzene rings is 1. The zero-order chi connectivity index (χ0) is 14.9. The van der Waals surface area contributed by atoms with E-state index in [1.165, 1.54) is 6.07 Å². The van der Waals surface area contributed by atoms with Crippen molar-refractivity contribution in [2.75, 3.05) is 30.0 Å². The highest BCUT2D eigenvalue weighted by Crippen LogP contribution is 2.38. The van der Waals surface area contributed by atoms with Gasteiger partial charge in [-0.2, -0.15) is 0 Å². The monoisotopic (exact) mass is 300 g/mol. The van der Waals surface area contributed by atoms with Crippen molar-refractivity contribution in [1.29, 1.82) is 0 Å². The van der Waals surface area contributed by atoms with Gasteiger partial charge in [0.15, 0.2) is 5.82 Å². The Morgan fingerprint density at radius 1 is 1.45 bits per heavy atom. The summed E-state index contributed by atoms with van der Waals surface area (Å²) in [6, 6.07) is 0.987. The minimum atomic E-state index is -0.667. The summed E-state index contributed by atoms with van der Waals surface area (Å²) in [7, 11) is 1.56. The molecule has 1 aromatic carbocycles. The number of nitrogens with one attached hydrogen (secondary N) is 1. The van der Waals surface area contributed by atoms with Crippen molar-refractivity contribution in [2.24, 2.45) is 0 Å². The highest BCUT2D eigenvalue weighted by molar-refractivity contribution is 6.33. The van der Waals surface area contributed by atoms with E-state index in [0.29, 0.717) is 13.0 Å². The number of nitrogen functional groups attached to an aromatic ring is 2. The van der Waals surface area contributed by atoms with Crippen LogP contribution < -0.4 is 21.7 Å². The van der Waals surface area contributed by atoms with Gasteiger partial charge in [-0.25, -0.2) is 4.39 Å². The topological polar surface area (TPSA) is 84.4 Å². The number of piperidine rings is 1. The third-order valence-corrected chi connectivity index (χ3v) is 3.96. The first-order valence-electron chi connectivity index (χ1n) is 6.48. The van der Waals surface area contributed by atoms with E-state index in [1.54, 1.807) is 11.9 Å². The molecular formula is C13H18ClFN4O. The largest absolute Gasteiger partial charge is 0.397 e. The summed E-state index contributed by atoms with van der Waals surface area (Å²) in [5.41, 5.74) is 11.9. The third kappa shape index (κ3) is 2.47. The molecule has 0 saturated carbocycles. The molecule has 2 rings (SSSR count). The summed E-state index contributed by atoms with van der Waals surface area (Å²) in [4.78, 5) is 13.6. The van der Waals surface area contributed by atoms with Crippen LogP contribution in [0.25, 0.3) is 0 Å². The summed E-state index contributed by atoms with van der Waals surface area (Å²) >= 11 is 5.85. The molecule has 0 radical (unpaired) electrons. The number of anilines is 3. The van der Waals surface area contributed by atoms with Crippen LogP contribution >= 0.6 is 11.6 Å². The van der Waals surface area contributed by atoms with Gasteiger partial charge in [0, 0.05) is 13.6 Å². The SMILES string of the molecule is CNC(=O)C1CCCCN1c1c(N)cc(N)c(Cl)c1F. The molecule has 20 heavy (non-hydrogen) atoms. The molecule has 0 bridgehead atoms. The number of rotatable bonds is 2. The van der Waals surface area contributed by atoms with E-state index in [2.05, 4.69) is 5.32 Å².